The van der Waals surface area contributed by atoms with E-state index in [1.165, 1.54) is 64.2 Å². The summed E-state index contributed by atoms with van der Waals surface area (Å²) in [6.07, 6.45) is 14.4. The third-order valence-corrected chi connectivity index (χ3v) is 4.64. The van der Waals surface area contributed by atoms with Crippen LogP contribution in [0.5, 0.6) is 0 Å². The highest BCUT2D eigenvalue weighted by Crippen LogP contribution is 2.39. The second-order valence-electron chi connectivity index (χ2n) is 6.03. The van der Waals surface area contributed by atoms with Gasteiger partial charge in [-0.3, -0.25) is 0 Å². The molecule has 0 aromatic rings. The van der Waals surface area contributed by atoms with E-state index in [-0.39, 0.29) is 0 Å². The van der Waals surface area contributed by atoms with Gasteiger partial charge in [0.05, 0.1) is 6.10 Å². The molecule has 1 aliphatic rings. The van der Waals surface area contributed by atoms with Crippen molar-refractivity contribution in [2.75, 3.05) is 6.61 Å². The van der Waals surface area contributed by atoms with Crippen molar-refractivity contribution in [1.82, 2.24) is 0 Å². The molecule has 1 heterocycles. The van der Waals surface area contributed by atoms with E-state index in [0.717, 1.165) is 6.61 Å². The largest absolute Gasteiger partial charge is 0.377 e. The van der Waals surface area contributed by atoms with Crippen LogP contribution in [0.25, 0.3) is 0 Å². The number of hydrogen-bond acceptors (Lipinski definition) is 1. The summed E-state index contributed by atoms with van der Waals surface area (Å²) in [6, 6.07) is 0. The minimum absolute atomic E-state index is 0.460. The topological polar surface area (TPSA) is 9.23 Å². The van der Waals surface area contributed by atoms with Crippen LogP contribution in [0.3, 0.4) is 0 Å². The van der Waals surface area contributed by atoms with Crippen molar-refractivity contribution in [3.8, 4) is 0 Å². The molecule has 0 bridgehead atoms. The van der Waals surface area contributed by atoms with Crippen LogP contribution in [-0.2, 0) is 4.74 Å². The Morgan fingerprint density at radius 3 is 2.06 bits per heavy atom. The summed E-state index contributed by atoms with van der Waals surface area (Å²) in [7, 11) is 0. The average Bonchev–Trinajstić information content (AvgIpc) is 2.25. The summed E-state index contributed by atoms with van der Waals surface area (Å²) in [5.41, 5.74) is 0.460. The molecule has 1 heteroatoms. The van der Waals surface area contributed by atoms with Crippen LogP contribution in [0.15, 0.2) is 0 Å². The molecule has 0 N–H and O–H groups in total. The van der Waals surface area contributed by atoms with Gasteiger partial charge in [-0.15, -0.1) is 0 Å². The fraction of sp³-hybridized carbons (Fsp3) is 1.00. The van der Waals surface area contributed by atoms with Crippen LogP contribution in [0.4, 0.5) is 0 Å². The molecule has 0 radical (unpaired) electrons. The summed E-state index contributed by atoms with van der Waals surface area (Å²) in [6.45, 7) is 8.03. The monoisotopic (exact) mass is 240 g/mol. The SMILES string of the molecule is CCCCCCCCCC(C)(CC)C1CCO1. The van der Waals surface area contributed by atoms with E-state index in [2.05, 4.69) is 20.8 Å². The Balaban J connectivity index is 2.03. The zero-order valence-electron chi connectivity index (χ0n) is 12.3. The smallest absolute Gasteiger partial charge is 0.0650 e. The molecule has 0 aromatic heterocycles. The maximum atomic E-state index is 5.70. The van der Waals surface area contributed by atoms with Crippen molar-refractivity contribution in [2.45, 2.75) is 91.1 Å². The molecule has 102 valence electrons. The second kappa shape index (κ2) is 8.13. The van der Waals surface area contributed by atoms with Crippen LogP contribution in [0.1, 0.15) is 85.0 Å². The fourth-order valence-electron chi connectivity index (χ4n) is 2.84. The zero-order valence-corrected chi connectivity index (χ0v) is 12.3. The summed E-state index contributed by atoms with van der Waals surface area (Å²) >= 11 is 0. The predicted molar refractivity (Wildman–Crippen MR) is 75.4 cm³/mol. The molecule has 17 heavy (non-hydrogen) atoms. The van der Waals surface area contributed by atoms with Gasteiger partial charge in [0.2, 0.25) is 0 Å². The van der Waals surface area contributed by atoms with E-state index >= 15 is 0 Å². The van der Waals surface area contributed by atoms with Gasteiger partial charge < -0.3 is 4.74 Å². The Kier molecular flexibility index (Phi) is 7.18. The molecule has 0 spiro atoms. The molecule has 2 unspecified atom stereocenters. The van der Waals surface area contributed by atoms with E-state index in [0.29, 0.717) is 11.5 Å². The summed E-state index contributed by atoms with van der Waals surface area (Å²) in [5, 5.41) is 0. The van der Waals surface area contributed by atoms with E-state index in [4.69, 9.17) is 4.74 Å². The second-order valence-corrected chi connectivity index (χ2v) is 6.03. The molecule has 0 aromatic carbocycles. The first-order valence-electron chi connectivity index (χ1n) is 7.84. The minimum atomic E-state index is 0.460. The molecule has 1 fully saturated rings. The van der Waals surface area contributed by atoms with Gasteiger partial charge in [-0.25, -0.2) is 0 Å². The van der Waals surface area contributed by atoms with Gasteiger partial charge in [-0.1, -0.05) is 65.7 Å². The maximum absolute atomic E-state index is 5.70. The Morgan fingerprint density at radius 1 is 1.00 bits per heavy atom. The van der Waals surface area contributed by atoms with Crippen LogP contribution in [0.2, 0.25) is 0 Å². The first-order chi connectivity index (χ1) is 8.23. The van der Waals surface area contributed by atoms with Crippen molar-refractivity contribution in [1.29, 1.82) is 0 Å². The zero-order chi connectivity index (χ0) is 12.6. The first-order valence-corrected chi connectivity index (χ1v) is 7.84. The summed E-state index contributed by atoms with van der Waals surface area (Å²) in [5.74, 6) is 0. The van der Waals surface area contributed by atoms with Crippen LogP contribution in [0, 0.1) is 5.41 Å². The lowest BCUT2D eigenvalue weighted by Gasteiger charge is -2.42. The molecule has 0 aliphatic carbocycles. The van der Waals surface area contributed by atoms with Crippen molar-refractivity contribution in [2.24, 2.45) is 5.41 Å². The van der Waals surface area contributed by atoms with E-state index in [9.17, 15) is 0 Å². The molecule has 1 rings (SSSR count). The molecular weight excluding hydrogens is 208 g/mol. The average molecular weight is 240 g/mol. The summed E-state index contributed by atoms with van der Waals surface area (Å²) < 4.78 is 5.70. The highest BCUT2D eigenvalue weighted by atomic mass is 16.5. The minimum Gasteiger partial charge on any atom is -0.377 e. The molecule has 0 amide bonds. The Labute approximate surface area is 108 Å². The van der Waals surface area contributed by atoms with E-state index in [1.807, 2.05) is 0 Å². The number of unbranched alkanes of at least 4 members (excludes halogenated alkanes) is 6. The predicted octanol–water partition coefficient (Wildman–Crippen LogP) is 5.33. The normalized spacial score (nSPS) is 23.1. The van der Waals surface area contributed by atoms with Crippen LogP contribution in [-0.4, -0.2) is 12.7 Å². The fourth-order valence-corrected chi connectivity index (χ4v) is 2.84. The van der Waals surface area contributed by atoms with Gasteiger partial charge in [0.1, 0.15) is 0 Å². The van der Waals surface area contributed by atoms with Crippen molar-refractivity contribution in [3.63, 3.8) is 0 Å². The maximum Gasteiger partial charge on any atom is 0.0650 e. The van der Waals surface area contributed by atoms with Crippen LogP contribution < -0.4 is 0 Å². The first kappa shape index (κ1) is 15.0. The van der Waals surface area contributed by atoms with Gasteiger partial charge in [-0.2, -0.15) is 0 Å². The summed E-state index contributed by atoms with van der Waals surface area (Å²) in [4.78, 5) is 0. The van der Waals surface area contributed by atoms with Gasteiger partial charge in [0, 0.05) is 6.61 Å². The number of rotatable bonds is 10. The number of ether oxygens (including phenoxy) is 1. The Morgan fingerprint density at radius 2 is 1.59 bits per heavy atom. The standard InChI is InChI=1S/C16H32O/c1-4-6-7-8-9-10-11-13-16(3,5-2)15-12-14-17-15/h15H,4-14H2,1-3H3. The molecule has 1 nitrogen and oxygen atoms in total. The van der Waals surface area contributed by atoms with E-state index in [1.54, 1.807) is 0 Å². The molecular formula is C16H32O. The molecule has 1 aliphatic heterocycles. The Bertz CT molecular complexity index is 186. The quantitative estimate of drug-likeness (QED) is 0.469. The Hall–Kier alpha value is -0.0400. The lowest BCUT2D eigenvalue weighted by atomic mass is 9.74. The van der Waals surface area contributed by atoms with Crippen molar-refractivity contribution in [3.05, 3.63) is 0 Å². The molecule has 1 saturated heterocycles. The van der Waals surface area contributed by atoms with Crippen LogP contribution >= 0.6 is 0 Å². The lowest BCUT2D eigenvalue weighted by Crippen LogP contribution is -2.42. The third-order valence-electron chi connectivity index (χ3n) is 4.64. The van der Waals surface area contributed by atoms with E-state index < -0.39 is 0 Å². The molecule has 0 saturated carbocycles. The lowest BCUT2D eigenvalue weighted by molar-refractivity contribution is -0.126. The highest BCUT2D eigenvalue weighted by molar-refractivity contribution is 4.86. The third kappa shape index (κ3) is 4.99. The van der Waals surface area contributed by atoms with Crippen molar-refractivity contribution >= 4 is 0 Å². The number of hydrogen-bond donors (Lipinski definition) is 0. The van der Waals surface area contributed by atoms with Gasteiger partial charge in [0.25, 0.3) is 0 Å². The molecule has 2 atom stereocenters. The van der Waals surface area contributed by atoms with Gasteiger partial charge >= 0.3 is 0 Å². The highest BCUT2D eigenvalue weighted by Gasteiger charge is 2.36. The van der Waals surface area contributed by atoms with Gasteiger partial charge in [-0.05, 0) is 24.7 Å². The van der Waals surface area contributed by atoms with Gasteiger partial charge in [0.15, 0.2) is 0 Å². The van der Waals surface area contributed by atoms with Crippen molar-refractivity contribution < 1.29 is 4.74 Å².